The molecule has 19 heavy (non-hydrogen) atoms. The van der Waals surface area contributed by atoms with E-state index in [0.717, 1.165) is 23.0 Å². The Morgan fingerprint density at radius 1 is 1.37 bits per heavy atom. The molecule has 0 heterocycles. The van der Waals surface area contributed by atoms with Crippen molar-refractivity contribution in [1.82, 2.24) is 5.32 Å². The molecule has 1 atom stereocenters. The van der Waals surface area contributed by atoms with Crippen LogP contribution < -0.4 is 5.32 Å². The summed E-state index contributed by atoms with van der Waals surface area (Å²) in [5.41, 5.74) is 0.716. The second-order valence-corrected chi connectivity index (χ2v) is 6.15. The fourth-order valence-electron chi connectivity index (χ4n) is 2.09. The molecule has 0 bridgehead atoms. The Morgan fingerprint density at radius 2 is 2.05 bits per heavy atom. The maximum atomic E-state index is 9.98. The highest BCUT2D eigenvalue weighted by atomic mass is 79.9. The molecular weight excluding hydrogens is 306 g/mol. The molecule has 1 rings (SSSR count). The van der Waals surface area contributed by atoms with Gasteiger partial charge in [0.05, 0.1) is 5.60 Å². The molecule has 0 aliphatic heterocycles. The Kier molecular flexibility index (Phi) is 6.30. The van der Waals surface area contributed by atoms with Gasteiger partial charge in [0.1, 0.15) is 5.75 Å². The van der Waals surface area contributed by atoms with E-state index in [0.29, 0.717) is 12.4 Å². The molecule has 1 aromatic carbocycles. The van der Waals surface area contributed by atoms with E-state index in [2.05, 4.69) is 42.0 Å². The fraction of sp³-hybridized carbons (Fsp3) is 0.600. The molecule has 0 saturated carbocycles. The largest absolute Gasteiger partial charge is 0.508 e. The molecule has 0 spiro atoms. The molecule has 1 aromatic rings. The normalized spacial score (nSPS) is 13.5. The predicted octanol–water partition coefficient (Wildman–Crippen LogP) is 4.01. The summed E-state index contributed by atoms with van der Waals surface area (Å²) in [5, 5.41) is 13.5. The number of rotatable bonds is 7. The van der Waals surface area contributed by atoms with E-state index in [-0.39, 0.29) is 11.6 Å². The third kappa shape index (κ3) is 5.13. The first-order valence-corrected chi connectivity index (χ1v) is 7.54. The zero-order valence-electron chi connectivity index (χ0n) is 12.2. The molecule has 0 aromatic heterocycles. The van der Waals surface area contributed by atoms with Crippen molar-refractivity contribution in [2.75, 3.05) is 13.2 Å². The minimum atomic E-state index is -0.205. The van der Waals surface area contributed by atoms with Gasteiger partial charge in [-0.3, -0.25) is 0 Å². The summed E-state index contributed by atoms with van der Waals surface area (Å²) in [6, 6.07) is 5.65. The summed E-state index contributed by atoms with van der Waals surface area (Å²) in [4.78, 5) is 0. The van der Waals surface area contributed by atoms with Crippen LogP contribution in [0.3, 0.4) is 0 Å². The second-order valence-electron chi connectivity index (χ2n) is 5.24. The maximum absolute atomic E-state index is 9.98. The second kappa shape index (κ2) is 7.27. The zero-order valence-corrected chi connectivity index (χ0v) is 13.8. The number of ether oxygens (including phenoxy) is 1. The number of hydrogen-bond acceptors (Lipinski definition) is 3. The van der Waals surface area contributed by atoms with E-state index in [1.165, 1.54) is 0 Å². The Labute approximate surface area is 124 Å². The summed E-state index contributed by atoms with van der Waals surface area (Å²) < 4.78 is 6.66. The van der Waals surface area contributed by atoms with Gasteiger partial charge in [-0.05, 0) is 45.4 Å². The van der Waals surface area contributed by atoms with Crippen LogP contribution in [-0.4, -0.2) is 23.9 Å². The van der Waals surface area contributed by atoms with E-state index in [1.807, 2.05) is 19.1 Å². The molecule has 1 unspecified atom stereocenters. The molecule has 0 aliphatic carbocycles. The van der Waals surface area contributed by atoms with Crippen LogP contribution in [0.2, 0.25) is 0 Å². The van der Waals surface area contributed by atoms with Crippen molar-refractivity contribution in [1.29, 1.82) is 0 Å². The SMILES string of the molecule is CCOC(C)(C)CNC(CC)c1cc(Br)ccc1O. The standard InChI is InChI=1S/C15H24BrNO2/c1-5-13(17-10-15(3,4)19-6-2)12-9-11(16)7-8-14(12)18/h7-9,13,17-18H,5-6,10H2,1-4H3. The molecule has 0 fully saturated rings. The van der Waals surface area contributed by atoms with E-state index in [1.54, 1.807) is 6.07 Å². The van der Waals surface area contributed by atoms with Gasteiger partial charge in [0, 0.05) is 29.2 Å². The fourth-order valence-corrected chi connectivity index (χ4v) is 2.47. The lowest BCUT2D eigenvalue weighted by Crippen LogP contribution is -2.39. The van der Waals surface area contributed by atoms with Crippen LogP contribution in [0, 0.1) is 0 Å². The van der Waals surface area contributed by atoms with Crippen molar-refractivity contribution < 1.29 is 9.84 Å². The number of halogens is 1. The lowest BCUT2D eigenvalue weighted by molar-refractivity contribution is -0.0107. The Balaban J connectivity index is 2.76. The van der Waals surface area contributed by atoms with Crippen LogP contribution in [-0.2, 0) is 4.74 Å². The highest BCUT2D eigenvalue weighted by Crippen LogP contribution is 2.29. The van der Waals surface area contributed by atoms with E-state index < -0.39 is 0 Å². The summed E-state index contributed by atoms with van der Waals surface area (Å²) in [6.45, 7) is 9.68. The van der Waals surface area contributed by atoms with Crippen molar-refractivity contribution >= 4 is 15.9 Å². The molecule has 2 N–H and O–H groups in total. The number of nitrogens with one attached hydrogen (secondary N) is 1. The summed E-state index contributed by atoms with van der Waals surface area (Å²) in [7, 11) is 0. The first-order chi connectivity index (χ1) is 8.89. The molecular formula is C15H24BrNO2. The van der Waals surface area contributed by atoms with Crippen molar-refractivity contribution in [3.05, 3.63) is 28.2 Å². The number of aromatic hydroxyl groups is 1. The van der Waals surface area contributed by atoms with Gasteiger partial charge in [-0.25, -0.2) is 0 Å². The van der Waals surface area contributed by atoms with Crippen LogP contribution in [0.4, 0.5) is 0 Å². The summed E-state index contributed by atoms with van der Waals surface area (Å²) >= 11 is 3.45. The topological polar surface area (TPSA) is 41.5 Å². The van der Waals surface area contributed by atoms with Crippen LogP contribution in [0.1, 0.15) is 45.7 Å². The van der Waals surface area contributed by atoms with Crippen molar-refractivity contribution in [2.24, 2.45) is 0 Å². The van der Waals surface area contributed by atoms with Crippen LogP contribution in [0.15, 0.2) is 22.7 Å². The third-order valence-electron chi connectivity index (χ3n) is 3.08. The molecule has 0 saturated heterocycles. The van der Waals surface area contributed by atoms with Gasteiger partial charge in [-0.1, -0.05) is 22.9 Å². The lowest BCUT2D eigenvalue weighted by Gasteiger charge is -2.28. The Hall–Kier alpha value is -0.580. The van der Waals surface area contributed by atoms with Gasteiger partial charge >= 0.3 is 0 Å². The first-order valence-electron chi connectivity index (χ1n) is 6.75. The number of phenolic OH excluding ortho intramolecular Hbond substituents is 1. The molecule has 0 aliphatic rings. The van der Waals surface area contributed by atoms with Crippen molar-refractivity contribution in [3.8, 4) is 5.75 Å². The van der Waals surface area contributed by atoms with Crippen molar-refractivity contribution in [2.45, 2.75) is 45.8 Å². The van der Waals surface area contributed by atoms with Crippen LogP contribution in [0.5, 0.6) is 5.75 Å². The molecule has 0 radical (unpaired) electrons. The number of hydrogen-bond donors (Lipinski definition) is 2. The molecule has 0 amide bonds. The Bertz CT molecular complexity index is 407. The number of benzene rings is 1. The van der Waals surface area contributed by atoms with Gasteiger partial charge in [0.15, 0.2) is 0 Å². The Morgan fingerprint density at radius 3 is 2.63 bits per heavy atom. The van der Waals surface area contributed by atoms with Crippen LogP contribution >= 0.6 is 15.9 Å². The van der Waals surface area contributed by atoms with Gasteiger partial charge < -0.3 is 15.2 Å². The molecule has 3 nitrogen and oxygen atoms in total. The van der Waals surface area contributed by atoms with Crippen molar-refractivity contribution in [3.63, 3.8) is 0 Å². The average molecular weight is 330 g/mol. The van der Waals surface area contributed by atoms with Gasteiger partial charge in [0.25, 0.3) is 0 Å². The van der Waals surface area contributed by atoms with Crippen LogP contribution in [0.25, 0.3) is 0 Å². The minimum absolute atomic E-state index is 0.122. The van der Waals surface area contributed by atoms with E-state index in [9.17, 15) is 5.11 Å². The maximum Gasteiger partial charge on any atom is 0.120 e. The highest BCUT2D eigenvalue weighted by Gasteiger charge is 2.21. The van der Waals surface area contributed by atoms with E-state index in [4.69, 9.17) is 4.74 Å². The van der Waals surface area contributed by atoms with Gasteiger partial charge in [0.2, 0.25) is 0 Å². The third-order valence-corrected chi connectivity index (χ3v) is 3.58. The highest BCUT2D eigenvalue weighted by molar-refractivity contribution is 9.10. The average Bonchev–Trinajstić information content (AvgIpc) is 2.34. The smallest absolute Gasteiger partial charge is 0.120 e. The van der Waals surface area contributed by atoms with E-state index >= 15 is 0 Å². The summed E-state index contributed by atoms with van der Waals surface area (Å²) in [6.07, 6.45) is 0.909. The lowest BCUT2D eigenvalue weighted by atomic mass is 10.0. The van der Waals surface area contributed by atoms with Gasteiger partial charge in [-0.2, -0.15) is 0 Å². The monoisotopic (exact) mass is 329 g/mol. The molecule has 4 heteroatoms. The number of phenols is 1. The predicted molar refractivity (Wildman–Crippen MR) is 82.5 cm³/mol. The first kappa shape index (κ1) is 16.5. The summed E-state index contributed by atoms with van der Waals surface area (Å²) in [5.74, 6) is 0.330. The minimum Gasteiger partial charge on any atom is -0.508 e. The quantitative estimate of drug-likeness (QED) is 0.794. The van der Waals surface area contributed by atoms with Gasteiger partial charge in [-0.15, -0.1) is 0 Å². The molecule has 108 valence electrons. The zero-order chi connectivity index (χ0) is 14.5.